The Morgan fingerprint density at radius 3 is 2.30 bits per heavy atom. The van der Waals surface area contributed by atoms with E-state index in [1.807, 2.05) is 13.8 Å². The number of aliphatic carboxylic acids is 1. The van der Waals surface area contributed by atoms with Crippen molar-refractivity contribution in [2.24, 2.45) is 0 Å². The van der Waals surface area contributed by atoms with Gasteiger partial charge in [0.25, 0.3) is 0 Å². The highest BCUT2D eigenvalue weighted by atomic mass is 16.5. The van der Waals surface area contributed by atoms with E-state index in [0.717, 1.165) is 4.90 Å². The molecule has 0 aliphatic rings. The molecule has 0 saturated heterocycles. The number of likely N-dealkylation sites (N-methyl/N-ethyl adjacent to an activating group) is 1. The van der Waals surface area contributed by atoms with Crippen molar-refractivity contribution in [3.63, 3.8) is 0 Å². The number of nitrogens with one attached hydrogen (secondary N) is 2. The van der Waals surface area contributed by atoms with Gasteiger partial charge in [0.05, 0.1) is 0 Å². The molecular weight excluding hydrogens is 266 g/mol. The number of nitrogens with zero attached hydrogens (tertiary/aromatic N) is 1. The Bertz CT molecular complexity index is 346. The maximum absolute atomic E-state index is 11.8. The number of rotatable bonds is 8. The summed E-state index contributed by atoms with van der Waals surface area (Å²) in [7, 11) is 2.87. The standard InChI is InChI=1S/C12H23N3O5/c1-8(2)13-10(16)7-15(3)12(19)14-9(11(17)18)5-6-20-4/h8-9H,5-7H2,1-4H3,(H,13,16)(H,14,19)(H,17,18). The highest BCUT2D eigenvalue weighted by molar-refractivity contribution is 5.86. The van der Waals surface area contributed by atoms with Crippen LogP contribution in [0.2, 0.25) is 0 Å². The van der Waals surface area contributed by atoms with Crippen LogP contribution in [0.4, 0.5) is 4.79 Å². The predicted octanol–water partition coefficient (Wildman–Crippen LogP) is -0.358. The first-order valence-corrected chi connectivity index (χ1v) is 6.30. The Balaban J connectivity index is 4.34. The summed E-state index contributed by atoms with van der Waals surface area (Å²) in [6, 6.07) is -1.68. The topological polar surface area (TPSA) is 108 Å². The quantitative estimate of drug-likeness (QED) is 0.565. The second kappa shape index (κ2) is 9.13. The second-order valence-corrected chi connectivity index (χ2v) is 4.70. The van der Waals surface area contributed by atoms with E-state index in [-0.39, 0.29) is 31.5 Å². The number of ether oxygens (including phenoxy) is 1. The van der Waals surface area contributed by atoms with Gasteiger partial charge in [0, 0.05) is 33.2 Å². The zero-order valence-corrected chi connectivity index (χ0v) is 12.3. The lowest BCUT2D eigenvalue weighted by atomic mass is 10.2. The van der Waals surface area contributed by atoms with E-state index < -0.39 is 18.0 Å². The van der Waals surface area contributed by atoms with Crippen LogP contribution in [-0.4, -0.2) is 67.3 Å². The van der Waals surface area contributed by atoms with Gasteiger partial charge in [-0.1, -0.05) is 0 Å². The van der Waals surface area contributed by atoms with Crippen LogP contribution in [0.15, 0.2) is 0 Å². The van der Waals surface area contributed by atoms with Crippen molar-refractivity contribution in [3.05, 3.63) is 0 Å². The number of amides is 3. The summed E-state index contributed by atoms with van der Waals surface area (Å²) in [5, 5.41) is 13.9. The summed E-state index contributed by atoms with van der Waals surface area (Å²) < 4.78 is 4.78. The van der Waals surface area contributed by atoms with Crippen LogP contribution < -0.4 is 10.6 Å². The molecule has 0 heterocycles. The van der Waals surface area contributed by atoms with Crippen molar-refractivity contribution in [3.8, 4) is 0 Å². The maximum atomic E-state index is 11.8. The van der Waals surface area contributed by atoms with Crippen molar-refractivity contribution in [1.29, 1.82) is 0 Å². The Morgan fingerprint density at radius 2 is 1.85 bits per heavy atom. The van der Waals surface area contributed by atoms with E-state index in [4.69, 9.17) is 9.84 Å². The molecule has 20 heavy (non-hydrogen) atoms. The van der Waals surface area contributed by atoms with Crippen LogP contribution >= 0.6 is 0 Å². The number of carbonyl (C=O) groups is 3. The van der Waals surface area contributed by atoms with Crippen molar-refractivity contribution in [2.75, 3.05) is 27.3 Å². The number of hydrogen-bond donors (Lipinski definition) is 3. The molecule has 0 radical (unpaired) electrons. The van der Waals surface area contributed by atoms with Crippen molar-refractivity contribution in [2.45, 2.75) is 32.4 Å². The second-order valence-electron chi connectivity index (χ2n) is 4.70. The Labute approximate surface area is 118 Å². The van der Waals surface area contributed by atoms with Crippen LogP contribution in [0.1, 0.15) is 20.3 Å². The molecule has 1 atom stereocenters. The minimum absolute atomic E-state index is 0.0209. The number of carboxylic acids is 1. The molecular formula is C12H23N3O5. The third kappa shape index (κ3) is 7.57. The molecule has 8 nitrogen and oxygen atoms in total. The van der Waals surface area contributed by atoms with Crippen molar-refractivity contribution < 1.29 is 24.2 Å². The van der Waals surface area contributed by atoms with Gasteiger partial charge < -0.3 is 25.4 Å². The summed E-state index contributed by atoms with van der Waals surface area (Å²) in [4.78, 5) is 35.4. The molecule has 0 spiro atoms. The predicted molar refractivity (Wildman–Crippen MR) is 72.4 cm³/mol. The molecule has 0 saturated carbocycles. The molecule has 0 rings (SSSR count). The molecule has 0 aromatic rings. The van der Waals surface area contributed by atoms with Gasteiger partial charge in [-0.3, -0.25) is 4.79 Å². The smallest absolute Gasteiger partial charge is 0.326 e. The number of hydrogen-bond acceptors (Lipinski definition) is 4. The fourth-order valence-electron chi connectivity index (χ4n) is 1.41. The zero-order valence-electron chi connectivity index (χ0n) is 12.3. The summed E-state index contributed by atoms with van der Waals surface area (Å²) in [6.07, 6.45) is 0.156. The lowest BCUT2D eigenvalue weighted by Gasteiger charge is -2.21. The molecule has 0 aromatic carbocycles. The molecule has 3 N–H and O–H groups in total. The third-order valence-electron chi connectivity index (χ3n) is 2.38. The monoisotopic (exact) mass is 289 g/mol. The third-order valence-corrected chi connectivity index (χ3v) is 2.38. The van der Waals surface area contributed by atoms with Crippen LogP contribution in [0.5, 0.6) is 0 Å². The first-order valence-electron chi connectivity index (χ1n) is 6.30. The average Bonchev–Trinajstić information content (AvgIpc) is 2.32. The molecule has 3 amide bonds. The zero-order chi connectivity index (χ0) is 15.7. The largest absolute Gasteiger partial charge is 0.480 e. The van der Waals surface area contributed by atoms with Gasteiger partial charge in [-0.2, -0.15) is 0 Å². The van der Waals surface area contributed by atoms with Gasteiger partial charge in [-0.25, -0.2) is 9.59 Å². The lowest BCUT2D eigenvalue weighted by Crippen LogP contribution is -2.49. The highest BCUT2D eigenvalue weighted by Crippen LogP contribution is 1.96. The Hall–Kier alpha value is -1.83. The summed E-state index contributed by atoms with van der Waals surface area (Å²) in [6.45, 7) is 3.70. The first-order chi connectivity index (χ1) is 9.27. The Morgan fingerprint density at radius 1 is 1.25 bits per heavy atom. The lowest BCUT2D eigenvalue weighted by molar-refractivity contribution is -0.139. The van der Waals surface area contributed by atoms with Gasteiger partial charge in [0.15, 0.2) is 0 Å². The van der Waals surface area contributed by atoms with Crippen molar-refractivity contribution in [1.82, 2.24) is 15.5 Å². The first kappa shape index (κ1) is 18.2. The van der Waals surface area contributed by atoms with E-state index in [1.54, 1.807) is 0 Å². The fraction of sp³-hybridized carbons (Fsp3) is 0.750. The van der Waals surface area contributed by atoms with E-state index >= 15 is 0 Å². The molecule has 0 aliphatic carbocycles. The van der Waals surface area contributed by atoms with Crippen LogP contribution in [-0.2, 0) is 14.3 Å². The summed E-state index contributed by atoms with van der Waals surface area (Å²) >= 11 is 0. The molecule has 1 unspecified atom stereocenters. The SMILES string of the molecule is COCCC(NC(=O)N(C)CC(=O)NC(C)C)C(=O)O. The van der Waals surface area contributed by atoms with Crippen LogP contribution in [0.3, 0.4) is 0 Å². The van der Waals surface area contributed by atoms with Gasteiger partial charge in [0.2, 0.25) is 5.91 Å². The Kier molecular flexibility index (Phi) is 8.30. The number of urea groups is 1. The van der Waals surface area contributed by atoms with Gasteiger partial charge in [-0.15, -0.1) is 0 Å². The number of carbonyl (C=O) groups excluding carboxylic acids is 2. The van der Waals surface area contributed by atoms with Crippen LogP contribution in [0, 0.1) is 0 Å². The van der Waals surface area contributed by atoms with Gasteiger partial charge in [0.1, 0.15) is 12.6 Å². The summed E-state index contributed by atoms with van der Waals surface area (Å²) in [5.74, 6) is -1.45. The van der Waals surface area contributed by atoms with Gasteiger partial charge >= 0.3 is 12.0 Å². The van der Waals surface area contributed by atoms with E-state index in [2.05, 4.69) is 10.6 Å². The fourth-order valence-corrected chi connectivity index (χ4v) is 1.41. The minimum Gasteiger partial charge on any atom is -0.480 e. The molecule has 0 aliphatic heterocycles. The maximum Gasteiger partial charge on any atom is 0.326 e. The molecule has 8 heteroatoms. The van der Waals surface area contributed by atoms with Crippen LogP contribution in [0.25, 0.3) is 0 Å². The van der Waals surface area contributed by atoms with Crippen molar-refractivity contribution >= 4 is 17.9 Å². The molecule has 116 valence electrons. The minimum atomic E-state index is -1.14. The molecule has 0 aromatic heterocycles. The normalized spacial score (nSPS) is 11.8. The number of methoxy groups -OCH3 is 1. The highest BCUT2D eigenvalue weighted by Gasteiger charge is 2.22. The summed E-state index contributed by atoms with van der Waals surface area (Å²) in [5.41, 5.74) is 0. The molecule has 0 bridgehead atoms. The molecule has 0 fully saturated rings. The van der Waals surface area contributed by atoms with E-state index in [0.29, 0.717) is 0 Å². The van der Waals surface area contributed by atoms with E-state index in [9.17, 15) is 14.4 Å². The average molecular weight is 289 g/mol. The van der Waals surface area contributed by atoms with E-state index in [1.165, 1.54) is 14.2 Å². The van der Waals surface area contributed by atoms with Gasteiger partial charge in [-0.05, 0) is 13.8 Å². The number of carboxylic acid groups (broad SMARTS) is 1.